The number of amides is 1. The highest BCUT2D eigenvalue weighted by molar-refractivity contribution is 7.91. The molecule has 2 heterocycles. The van der Waals surface area contributed by atoms with Crippen LogP contribution in [0.25, 0.3) is 0 Å². The van der Waals surface area contributed by atoms with Crippen molar-refractivity contribution >= 4 is 25.8 Å². The molecule has 0 saturated carbocycles. The maximum Gasteiger partial charge on any atom is 0.245 e. The van der Waals surface area contributed by atoms with Gasteiger partial charge >= 0.3 is 0 Å². The molecule has 2 aromatic carbocycles. The van der Waals surface area contributed by atoms with Crippen molar-refractivity contribution in [3.8, 4) is 11.5 Å². The third-order valence-electron chi connectivity index (χ3n) is 6.19. The van der Waals surface area contributed by atoms with Crippen molar-refractivity contribution in [3.05, 3.63) is 54.6 Å². The minimum absolute atomic E-state index is 0.0250. The number of carbonyl (C=O) groups is 1. The van der Waals surface area contributed by atoms with Crippen LogP contribution in [-0.2, 0) is 34.2 Å². The van der Waals surface area contributed by atoms with Crippen LogP contribution in [0.3, 0.4) is 0 Å². The van der Waals surface area contributed by atoms with Gasteiger partial charge in [0, 0.05) is 25.0 Å². The van der Waals surface area contributed by atoms with Crippen LogP contribution in [0.1, 0.15) is 38.5 Å². The zero-order valence-electron chi connectivity index (χ0n) is 19.7. The van der Waals surface area contributed by atoms with Crippen LogP contribution in [0.5, 0.6) is 11.5 Å². The number of rotatable bonds is 9. The largest absolute Gasteiger partial charge is 0.457 e. The fraction of sp³-hybridized carbons (Fsp3) is 0.458. The Hall–Kier alpha value is -2.51. The third-order valence-corrected chi connectivity index (χ3v) is 9.43. The number of nitrogens with one attached hydrogen (secondary N) is 2. The van der Waals surface area contributed by atoms with Crippen LogP contribution in [0, 0.1) is 0 Å². The number of sulfonamides is 1. The van der Waals surface area contributed by atoms with Crippen molar-refractivity contribution in [2.45, 2.75) is 55.2 Å². The first kappa shape index (κ1) is 26.6. The summed E-state index contributed by atoms with van der Waals surface area (Å²) >= 11 is 0. The van der Waals surface area contributed by atoms with E-state index in [1.807, 2.05) is 18.2 Å². The SMILES string of the molecule is O=C(CC1(NS(=O)(=O)c2ccc(Oc3ccccc3)cc2)CCS(=O)(=O)CC1)NOC1CCCCO1. The van der Waals surface area contributed by atoms with Crippen LogP contribution in [0.2, 0.25) is 0 Å². The predicted octanol–water partition coefficient (Wildman–Crippen LogP) is 2.67. The van der Waals surface area contributed by atoms with E-state index in [0.717, 1.165) is 12.8 Å². The Balaban J connectivity index is 1.45. The maximum absolute atomic E-state index is 13.2. The molecule has 12 heteroatoms. The Morgan fingerprint density at radius 3 is 2.31 bits per heavy atom. The number of hydrogen-bond acceptors (Lipinski definition) is 8. The summed E-state index contributed by atoms with van der Waals surface area (Å²) in [5.74, 6) is 0.0664. The molecule has 0 radical (unpaired) electrons. The average Bonchev–Trinajstić information content (AvgIpc) is 2.86. The molecular formula is C24H30N2O8S2. The summed E-state index contributed by atoms with van der Waals surface area (Å²) in [5, 5.41) is 0. The highest BCUT2D eigenvalue weighted by Gasteiger charge is 2.42. The monoisotopic (exact) mass is 538 g/mol. The van der Waals surface area contributed by atoms with Gasteiger partial charge in [0.2, 0.25) is 15.9 Å². The van der Waals surface area contributed by atoms with Crippen LogP contribution < -0.4 is 14.9 Å². The molecule has 196 valence electrons. The average molecular weight is 539 g/mol. The Labute approximate surface area is 211 Å². The summed E-state index contributed by atoms with van der Waals surface area (Å²) in [6, 6.07) is 14.9. The van der Waals surface area contributed by atoms with Crippen molar-refractivity contribution in [3.63, 3.8) is 0 Å². The van der Waals surface area contributed by atoms with Gasteiger partial charge in [-0.3, -0.25) is 4.79 Å². The van der Waals surface area contributed by atoms with Gasteiger partial charge in [-0.15, -0.1) is 0 Å². The van der Waals surface area contributed by atoms with E-state index < -0.39 is 37.6 Å². The Bertz CT molecular complexity index is 1230. The van der Waals surface area contributed by atoms with Gasteiger partial charge in [0.25, 0.3) is 0 Å². The summed E-state index contributed by atoms with van der Waals surface area (Å²) in [6.45, 7) is 0.539. The van der Waals surface area contributed by atoms with Gasteiger partial charge in [-0.2, -0.15) is 0 Å². The zero-order valence-corrected chi connectivity index (χ0v) is 21.4. The number of ether oxygens (including phenoxy) is 2. The molecule has 10 nitrogen and oxygen atoms in total. The molecule has 1 amide bonds. The summed E-state index contributed by atoms with van der Waals surface area (Å²) in [6.07, 6.45) is 1.58. The molecule has 0 bridgehead atoms. The van der Waals surface area contributed by atoms with Gasteiger partial charge in [0.1, 0.15) is 21.3 Å². The van der Waals surface area contributed by atoms with Crippen LogP contribution in [0.4, 0.5) is 0 Å². The fourth-order valence-electron chi connectivity index (χ4n) is 4.18. The molecule has 0 aromatic heterocycles. The van der Waals surface area contributed by atoms with Crippen molar-refractivity contribution in [1.29, 1.82) is 0 Å². The molecule has 2 saturated heterocycles. The number of carbonyl (C=O) groups excluding carboxylic acids is 1. The lowest BCUT2D eigenvalue weighted by Gasteiger charge is -2.37. The quantitative estimate of drug-likeness (QED) is 0.465. The number of hydrogen-bond donors (Lipinski definition) is 2. The fourth-order valence-corrected chi connectivity index (χ4v) is 7.24. The molecule has 36 heavy (non-hydrogen) atoms. The van der Waals surface area contributed by atoms with Gasteiger partial charge in [-0.05, 0) is 62.1 Å². The van der Waals surface area contributed by atoms with Gasteiger partial charge in [-0.1, -0.05) is 18.2 Å². The summed E-state index contributed by atoms with van der Waals surface area (Å²) in [4.78, 5) is 18.0. The zero-order chi connectivity index (χ0) is 25.7. The minimum atomic E-state index is -4.07. The second-order valence-corrected chi connectivity index (χ2v) is 13.0. The molecule has 0 spiro atoms. The van der Waals surface area contributed by atoms with Gasteiger partial charge < -0.3 is 9.47 Å². The molecule has 1 atom stereocenters. The third kappa shape index (κ3) is 7.26. The lowest BCUT2D eigenvalue weighted by Crippen LogP contribution is -2.55. The smallest absolute Gasteiger partial charge is 0.245 e. The molecule has 1 unspecified atom stereocenters. The van der Waals surface area contributed by atoms with Crippen molar-refractivity contribution in [1.82, 2.24) is 10.2 Å². The van der Waals surface area contributed by atoms with E-state index >= 15 is 0 Å². The van der Waals surface area contributed by atoms with E-state index in [9.17, 15) is 21.6 Å². The topological polar surface area (TPSA) is 137 Å². The maximum atomic E-state index is 13.2. The van der Waals surface area contributed by atoms with E-state index in [1.54, 1.807) is 12.1 Å². The number of para-hydroxylation sites is 1. The highest BCUT2D eigenvalue weighted by Crippen LogP contribution is 2.30. The predicted molar refractivity (Wildman–Crippen MR) is 131 cm³/mol. The van der Waals surface area contributed by atoms with E-state index in [0.29, 0.717) is 24.5 Å². The lowest BCUT2D eigenvalue weighted by molar-refractivity contribution is -0.201. The molecule has 4 rings (SSSR count). The molecule has 2 aliphatic rings. The van der Waals surface area contributed by atoms with Crippen LogP contribution in [-0.4, -0.2) is 52.7 Å². The van der Waals surface area contributed by atoms with Crippen molar-refractivity contribution < 1.29 is 35.9 Å². The molecule has 0 aliphatic carbocycles. The summed E-state index contributed by atoms with van der Waals surface area (Å²) in [7, 11) is -7.38. The first-order valence-corrected chi connectivity index (χ1v) is 15.1. The minimum Gasteiger partial charge on any atom is -0.457 e. The van der Waals surface area contributed by atoms with E-state index in [2.05, 4.69) is 10.2 Å². The standard InChI is InChI=1S/C24H30N2O8S2/c27-22(25-34-23-8-4-5-15-32-23)18-24(13-16-35(28,29)17-14-24)26-36(30,31)21-11-9-20(10-12-21)33-19-6-2-1-3-7-19/h1-3,6-7,9-12,23,26H,4-5,8,13-18H2,(H,25,27). The number of hydroxylamine groups is 1. The van der Waals surface area contributed by atoms with Gasteiger partial charge in [0.15, 0.2) is 6.29 Å². The molecule has 2 aromatic rings. The molecule has 2 N–H and O–H groups in total. The summed E-state index contributed by atoms with van der Waals surface area (Å²) < 4.78 is 64.3. The Morgan fingerprint density at radius 2 is 1.67 bits per heavy atom. The van der Waals surface area contributed by atoms with E-state index in [1.165, 1.54) is 24.3 Å². The Kier molecular flexibility index (Phi) is 8.30. The molecule has 2 fully saturated rings. The number of sulfone groups is 1. The normalized spacial score (nSPS) is 21.4. The van der Waals surface area contributed by atoms with Crippen LogP contribution >= 0.6 is 0 Å². The van der Waals surface area contributed by atoms with Gasteiger partial charge in [-0.25, -0.2) is 31.9 Å². The van der Waals surface area contributed by atoms with Crippen molar-refractivity contribution in [2.24, 2.45) is 0 Å². The second kappa shape index (κ2) is 11.3. The van der Waals surface area contributed by atoms with E-state index in [-0.39, 0.29) is 35.7 Å². The lowest BCUT2D eigenvalue weighted by atomic mass is 9.89. The summed E-state index contributed by atoms with van der Waals surface area (Å²) in [5.41, 5.74) is 1.06. The van der Waals surface area contributed by atoms with Crippen LogP contribution in [0.15, 0.2) is 59.5 Å². The molecular weight excluding hydrogens is 508 g/mol. The highest BCUT2D eigenvalue weighted by atomic mass is 32.2. The van der Waals surface area contributed by atoms with Gasteiger partial charge in [0.05, 0.1) is 16.4 Å². The molecule has 2 aliphatic heterocycles. The van der Waals surface area contributed by atoms with E-state index in [4.69, 9.17) is 14.3 Å². The first-order chi connectivity index (χ1) is 17.1. The Morgan fingerprint density at radius 1 is 1.00 bits per heavy atom. The first-order valence-electron chi connectivity index (χ1n) is 11.8. The second-order valence-electron chi connectivity index (χ2n) is 9.04. The number of benzene rings is 2. The van der Waals surface area contributed by atoms with Crippen molar-refractivity contribution in [2.75, 3.05) is 18.1 Å².